The van der Waals surface area contributed by atoms with Crippen LogP contribution in [0, 0.1) is 11.8 Å². The zero-order valence-corrected chi connectivity index (χ0v) is 16.4. The molecule has 0 radical (unpaired) electrons. The third-order valence-corrected chi connectivity index (χ3v) is 5.06. The van der Waals surface area contributed by atoms with Gasteiger partial charge in [0.25, 0.3) is 11.8 Å². The number of methoxy groups -OCH3 is 2. The van der Waals surface area contributed by atoms with Crippen LogP contribution in [0.5, 0.6) is 11.5 Å². The molecule has 0 unspecified atom stereocenters. The summed E-state index contributed by atoms with van der Waals surface area (Å²) >= 11 is 0. The average Bonchev–Trinajstić information content (AvgIpc) is 3.21. The third-order valence-electron chi connectivity index (χ3n) is 5.06. The Kier molecular flexibility index (Phi) is 4.80. The molecule has 4 rings (SSSR count). The molecule has 8 nitrogen and oxygen atoms in total. The molecule has 0 bridgehead atoms. The lowest BCUT2D eigenvalue weighted by Gasteiger charge is -2.26. The molecule has 0 aliphatic carbocycles. The summed E-state index contributed by atoms with van der Waals surface area (Å²) in [4.78, 5) is 38.9. The van der Waals surface area contributed by atoms with Crippen molar-refractivity contribution in [1.82, 2.24) is 15.5 Å². The molecule has 2 aromatic carbocycles. The van der Waals surface area contributed by atoms with E-state index in [0.29, 0.717) is 29.2 Å². The highest BCUT2D eigenvalue weighted by Crippen LogP contribution is 2.28. The number of ether oxygens (including phenoxy) is 2. The maximum atomic E-state index is 12.9. The van der Waals surface area contributed by atoms with Gasteiger partial charge in [-0.2, -0.15) is 0 Å². The molecule has 2 aliphatic rings. The predicted molar refractivity (Wildman–Crippen MR) is 107 cm³/mol. The highest BCUT2D eigenvalue weighted by atomic mass is 16.5. The minimum Gasteiger partial charge on any atom is -0.497 e. The number of amides is 4. The Morgan fingerprint density at radius 1 is 1.07 bits per heavy atom. The molecule has 1 atom stereocenters. The molecule has 2 aliphatic heterocycles. The summed E-state index contributed by atoms with van der Waals surface area (Å²) in [6.07, 6.45) is 0. The van der Waals surface area contributed by atoms with Gasteiger partial charge in [0.05, 0.1) is 20.8 Å². The standard InChI is InChI=1S/C22H19N3O5/c1-29-16-5-3-4-14(10-16)8-9-22(20(27)23-21(28)24-22)13-25-12-15-6-7-17(30-2)11-18(15)19(25)26/h3-7,10-11H,12-13H2,1-2H3,(H2,23,24,27,28)/t22-/m1/s1. The molecular formula is C22H19N3O5. The number of nitrogens with zero attached hydrogens (tertiary/aromatic N) is 1. The van der Waals surface area contributed by atoms with Crippen molar-refractivity contribution in [3.05, 3.63) is 59.2 Å². The van der Waals surface area contributed by atoms with Crippen molar-refractivity contribution in [1.29, 1.82) is 0 Å². The van der Waals surface area contributed by atoms with E-state index in [1.165, 1.54) is 12.0 Å². The van der Waals surface area contributed by atoms with Gasteiger partial charge in [0, 0.05) is 17.7 Å². The van der Waals surface area contributed by atoms with Gasteiger partial charge in [-0.05, 0) is 35.9 Å². The summed E-state index contributed by atoms with van der Waals surface area (Å²) in [6, 6.07) is 11.6. The van der Waals surface area contributed by atoms with Gasteiger partial charge in [-0.15, -0.1) is 0 Å². The quantitative estimate of drug-likeness (QED) is 0.590. The van der Waals surface area contributed by atoms with Crippen LogP contribution in [0.15, 0.2) is 42.5 Å². The van der Waals surface area contributed by atoms with Gasteiger partial charge in [0.2, 0.25) is 5.54 Å². The van der Waals surface area contributed by atoms with E-state index < -0.39 is 17.5 Å². The van der Waals surface area contributed by atoms with Gasteiger partial charge in [-0.3, -0.25) is 14.9 Å². The van der Waals surface area contributed by atoms with Crippen molar-refractivity contribution in [2.45, 2.75) is 12.1 Å². The summed E-state index contributed by atoms with van der Waals surface area (Å²) in [5, 5.41) is 4.81. The zero-order chi connectivity index (χ0) is 21.3. The number of hydrogen-bond donors (Lipinski definition) is 2. The minimum absolute atomic E-state index is 0.0859. The van der Waals surface area contributed by atoms with E-state index in [-0.39, 0.29) is 12.5 Å². The third kappa shape index (κ3) is 3.42. The molecule has 1 saturated heterocycles. The SMILES string of the molecule is COc1cccc(C#C[C@]2(CN3Cc4ccc(OC)cc4C3=O)NC(=O)NC2=O)c1. The van der Waals surface area contributed by atoms with Crippen molar-refractivity contribution in [2.24, 2.45) is 0 Å². The molecule has 2 aromatic rings. The number of carbonyl (C=O) groups excluding carboxylic acids is 3. The van der Waals surface area contributed by atoms with Crippen molar-refractivity contribution >= 4 is 17.8 Å². The Morgan fingerprint density at radius 2 is 1.83 bits per heavy atom. The van der Waals surface area contributed by atoms with Gasteiger partial charge < -0.3 is 19.7 Å². The van der Waals surface area contributed by atoms with Crippen LogP contribution in [0.25, 0.3) is 0 Å². The monoisotopic (exact) mass is 405 g/mol. The van der Waals surface area contributed by atoms with E-state index in [0.717, 1.165) is 5.56 Å². The summed E-state index contributed by atoms with van der Waals surface area (Å²) < 4.78 is 10.4. The minimum atomic E-state index is -1.55. The number of hydrogen-bond acceptors (Lipinski definition) is 5. The lowest BCUT2D eigenvalue weighted by Crippen LogP contribution is -2.54. The molecule has 4 amide bonds. The maximum absolute atomic E-state index is 12.9. The first kappa shape index (κ1) is 19.3. The van der Waals surface area contributed by atoms with E-state index in [1.807, 2.05) is 6.07 Å². The normalized spacial score (nSPS) is 19.5. The van der Waals surface area contributed by atoms with Gasteiger partial charge in [0.15, 0.2) is 0 Å². The number of nitrogens with one attached hydrogen (secondary N) is 2. The van der Waals surface area contributed by atoms with Crippen molar-refractivity contribution < 1.29 is 23.9 Å². The number of carbonyl (C=O) groups is 3. The predicted octanol–water partition coefficient (Wildman–Crippen LogP) is 1.29. The van der Waals surface area contributed by atoms with Crippen molar-refractivity contribution in [3.8, 4) is 23.3 Å². The number of urea groups is 1. The Bertz CT molecular complexity index is 1120. The molecule has 0 saturated carbocycles. The van der Waals surface area contributed by atoms with Crippen molar-refractivity contribution in [2.75, 3.05) is 20.8 Å². The topological polar surface area (TPSA) is 97.0 Å². The van der Waals surface area contributed by atoms with E-state index in [2.05, 4.69) is 22.5 Å². The molecule has 0 spiro atoms. The summed E-state index contributed by atoms with van der Waals surface area (Å²) in [5.74, 6) is 6.14. The molecule has 1 fully saturated rings. The van der Waals surface area contributed by atoms with Crippen LogP contribution < -0.4 is 20.1 Å². The van der Waals surface area contributed by atoms with E-state index in [9.17, 15) is 14.4 Å². The second-order valence-corrected chi connectivity index (χ2v) is 6.98. The second kappa shape index (κ2) is 7.44. The van der Waals surface area contributed by atoms with Crippen LogP contribution in [0.4, 0.5) is 4.79 Å². The van der Waals surface area contributed by atoms with Gasteiger partial charge in [0.1, 0.15) is 11.5 Å². The molecule has 2 heterocycles. The molecule has 30 heavy (non-hydrogen) atoms. The fraction of sp³-hybridized carbons (Fsp3) is 0.227. The fourth-order valence-corrected chi connectivity index (χ4v) is 3.49. The lowest BCUT2D eigenvalue weighted by atomic mass is 9.99. The van der Waals surface area contributed by atoms with E-state index in [4.69, 9.17) is 9.47 Å². The van der Waals surface area contributed by atoms with Crippen LogP contribution in [-0.2, 0) is 11.3 Å². The molecule has 0 aromatic heterocycles. The first-order valence-electron chi connectivity index (χ1n) is 9.21. The zero-order valence-electron chi connectivity index (χ0n) is 16.4. The van der Waals surface area contributed by atoms with E-state index >= 15 is 0 Å². The van der Waals surface area contributed by atoms with Crippen LogP contribution in [-0.4, -0.2) is 49.0 Å². The Balaban J connectivity index is 1.65. The van der Waals surface area contributed by atoms with Crippen LogP contribution >= 0.6 is 0 Å². The van der Waals surface area contributed by atoms with Crippen LogP contribution in [0.1, 0.15) is 21.5 Å². The fourth-order valence-electron chi connectivity index (χ4n) is 3.49. The van der Waals surface area contributed by atoms with Gasteiger partial charge >= 0.3 is 6.03 Å². The second-order valence-electron chi connectivity index (χ2n) is 6.98. The smallest absolute Gasteiger partial charge is 0.323 e. The molecule has 8 heteroatoms. The van der Waals surface area contributed by atoms with Gasteiger partial charge in [-0.25, -0.2) is 4.79 Å². The number of fused-ring (bicyclic) bond motifs is 1. The highest BCUT2D eigenvalue weighted by Gasteiger charge is 2.48. The largest absolute Gasteiger partial charge is 0.497 e. The number of imide groups is 1. The lowest BCUT2D eigenvalue weighted by molar-refractivity contribution is -0.122. The Hall–Kier alpha value is -3.99. The highest BCUT2D eigenvalue weighted by molar-refractivity contribution is 6.10. The van der Waals surface area contributed by atoms with E-state index in [1.54, 1.807) is 43.5 Å². The molecule has 2 N–H and O–H groups in total. The summed E-state index contributed by atoms with van der Waals surface area (Å²) in [7, 11) is 3.07. The van der Waals surface area contributed by atoms with Crippen molar-refractivity contribution in [3.63, 3.8) is 0 Å². The van der Waals surface area contributed by atoms with Gasteiger partial charge in [-0.1, -0.05) is 24.0 Å². The summed E-state index contributed by atoms with van der Waals surface area (Å²) in [6.45, 7) is 0.223. The molecular weight excluding hydrogens is 386 g/mol. The number of rotatable bonds is 4. The molecule has 152 valence electrons. The first-order chi connectivity index (χ1) is 14.4. The first-order valence-corrected chi connectivity index (χ1v) is 9.21. The maximum Gasteiger partial charge on any atom is 0.323 e. The Labute approximate surface area is 173 Å². The van der Waals surface area contributed by atoms with Crippen LogP contribution in [0.2, 0.25) is 0 Å². The summed E-state index contributed by atoms with van der Waals surface area (Å²) in [5.41, 5.74) is 0.391. The van der Waals surface area contributed by atoms with Crippen LogP contribution in [0.3, 0.4) is 0 Å². The average molecular weight is 405 g/mol. The number of benzene rings is 2. The Morgan fingerprint density at radius 3 is 2.53 bits per heavy atom.